The van der Waals surface area contributed by atoms with Crippen LogP contribution in [0.2, 0.25) is 0 Å². The molecule has 10 nitrogen and oxygen atoms in total. The average Bonchev–Trinajstić information content (AvgIpc) is 2.63. The molecule has 5 N–H and O–H groups in total. The second-order valence-corrected chi connectivity index (χ2v) is 5.88. The molecular weight excluding hydrogens is 368 g/mol. The van der Waals surface area contributed by atoms with Crippen LogP contribution in [0.1, 0.15) is 0 Å². The van der Waals surface area contributed by atoms with E-state index in [0.29, 0.717) is 10.6 Å². The second-order valence-electron chi connectivity index (χ2n) is 5.88. The highest BCUT2D eigenvalue weighted by atomic mass is 16.4. The first-order chi connectivity index (χ1) is 13.2. The van der Waals surface area contributed by atoms with Crippen molar-refractivity contribution in [1.82, 2.24) is 9.13 Å². The zero-order valence-corrected chi connectivity index (χ0v) is 14.6. The van der Waals surface area contributed by atoms with Gasteiger partial charge in [0.2, 0.25) is 0 Å². The average molecular weight is 384 g/mol. The van der Waals surface area contributed by atoms with E-state index in [-0.39, 0.29) is 5.69 Å². The molecule has 0 saturated carbocycles. The van der Waals surface area contributed by atoms with E-state index in [2.05, 4.69) is 0 Å². The van der Waals surface area contributed by atoms with Crippen LogP contribution >= 0.6 is 0 Å². The Bertz CT molecular complexity index is 1160. The number of anilines is 3. The number of para-hydroxylation sites is 1. The van der Waals surface area contributed by atoms with Gasteiger partial charge in [0.25, 0.3) is 5.56 Å². The maximum absolute atomic E-state index is 12.7. The zero-order chi connectivity index (χ0) is 20.6. The number of amides is 1. The van der Waals surface area contributed by atoms with Crippen LogP contribution in [0.5, 0.6) is 11.5 Å². The van der Waals surface area contributed by atoms with Crippen molar-refractivity contribution in [3.05, 3.63) is 69.4 Å². The molecule has 10 heteroatoms. The number of rotatable bonds is 3. The van der Waals surface area contributed by atoms with Crippen LogP contribution in [0.4, 0.5) is 22.0 Å². The Morgan fingerprint density at radius 3 is 2.14 bits per heavy atom. The summed E-state index contributed by atoms with van der Waals surface area (Å²) in [5.74, 6) is -1.26. The first kappa shape index (κ1) is 18.6. The summed E-state index contributed by atoms with van der Waals surface area (Å²) in [4.78, 5) is 37.8. The quantitative estimate of drug-likeness (QED) is 0.532. The van der Waals surface area contributed by atoms with Crippen molar-refractivity contribution in [2.24, 2.45) is 7.05 Å². The van der Waals surface area contributed by atoms with Gasteiger partial charge in [-0.1, -0.05) is 18.2 Å². The first-order valence-electron chi connectivity index (χ1n) is 7.95. The van der Waals surface area contributed by atoms with Gasteiger partial charge in [-0.15, -0.1) is 0 Å². The van der Waals surface area contributed by atoms with Gasteiger partial charge in [-0.2, -0.15) is 0 Å². The van der Waals surface area contributed by atoms with Crippen molar-refractivity contribution in [3.63, 3.8) is 0 Å². The van der Waals surface area contributed by atoms with Gasteiger partial charge in [0, 0.05) is 25.2 Å². The third kappa shape index (κ3) is 3.03. The normalized spacial score (nSPS) is 10.6. The molecule has 1 heterocycles. The maximum Gasteiger partial charge on any atom is 0.416 e. The summed E-state index contributed by atoms with van der Waals surface area (Å²) in [6.45, 7) is 0. The predicted molar refractivity (Wildman–Crippen MR) is 102 cm³/mol. The Hall–Kier alpha value is -4.21. The lowest BCUT2D eigenvalue weighted by atomic mass is 10.2. The molecule has 3 aromatic rings. The minimum atomic E-state index is -1.60. The molecule has 28 heavy (non-hydrogen) atoms. The molecule has 0 spiro atoms. The molecule has 0 aliphatic heterocycles. The molecule has 0 atom stereocenters. The van der Waals surface area contributed by atoms with Gasteiger partial charge in [0.15, 0.2) is 5.69 Å². The molecule has 2 aromatic carbocycles. The second kappa shape index (κ2) is 6.83. The van der Waals surface area contributed by atoms with Gasteiger partial charge in [-0.3, -0.25) is 9.36 Å². The van der Waals surface area contributed by atoms with Gasteiger partial charge < -0.3 is 21.1 Å². The number of phenolic OH excluding ortho intramolecular Hbond substituents is 2. The zero-order valence-electron chi connectivity index (χ0n) is 14.6. The van der Waals surface area contributed by atoms with E-state index in [9.17, 15) is 29.7 Å². The minimum Gasteiger partial charge on any atom is -0.508 e. The van der Waals surface area contributed by atoms with Gasteiger partial charge in [0.05, 0.1) is 11.4 Å². The van der Waals surface area contributed by atoms with Crippen LogP contribution in [-0.4, -0.2) is 30.5 Å². The van der Waals surface area contributed by atoms with Crippen LogP contribution < -0.4 is 21.9 Å². The molecule has 1 aromatic heterocycles. The predicted octanol–water partition coefficient (Wildman–Crippen LogP) is 1.35. The summed E-state index contributed by atoms with van der Waals surface area (Å²) < 4.78 is 1.71. The number of aromatic hydroxyl groups is 2. The first-order valence-corrected chi connectivity index (χ1v) is 7.95. The Morgan fingerprint density at radius 1 is 1.04 bits per heavy atom. The van der Waals surface area contributed by atoms with E-state index < -0.39 is 40.3 Å². The van der Waals surface area contributed by atoms with E-state index in [1.54, 1.807) is 30.3 Å². The molecule has 144 valence electrons. The molecule has 0 unspecified atom stereocenters. The number of nitrogens with two attached hydrogens (primary N) is 1. The third-order valence-corrected chi connectivity index (χ3v) is 4.04. The fraction of sp³-hybridized carbons (Fsp3) is 0.0556. The lowest BCUT2D eigenvalue weighted by Gasteiger charge is -2.23. The van der Waals surface area contributed by atoms with Gasteiger partial charge in [-0.05, 0) is 12.1 Å². The Balaban J connectivity index is 2.39. The number of phenols is 2. The molecule has 0 radical (unpaired) electrons. The molecule has 0 aliphatic rings. The van der Waals surface area contributed by atoms with Crippen LogP contribution in [-0.2, 0) is 7.05 Å². The molecule has 1 amide bonds. The fourth-order valence-electron chi connectivity index (χ4n) is 2.79. The van der Waals surface area contributed by atoms with Crippen molar-refractivity contribution in [1.29, 1.82) is 0 Å². The van der Waals surface area contributed by atoms with Crippen molar-refractivity contribution in [2.45, 2.75) is 0 Å². The number of hydrogen-bond acceptors (Lipinski definition) is 6. The van der Waals surface area contributed by atoms with Crippen LogP contribution in [0.25, 0.3) is 5.69 Å². The molecule has 0 aliphatic carbocycles. The molecular formula is C18H16N4O6. The monoisotopic (exact) mass is 384 g/mol. The van der Waals surface area contributed by atoms with E-state index in [4.69, 9.17) is 5.73 Å². The number of benzene rings is 2. The number of nitrogens with zero attached hydrogens (tertiary/aromatic N) is 3. The van der Waals surface area contributed by atoms with Crippen LogP contribution in [0, 0.1) is 0 Å². The van der Waals surface area contributed by atoms with Crippen molar-refractivity contribution < 1.29 is 20.1 Å². The minimum absolute atomic E-state index is 0.230. The highest BCUT2D eigenvalue weighted by molar-refractivity contribution is 5.97. The summed E-state index contributed by atoms with van der Waals surface area (Å²) in [6.07, 6.45) is -1.60. The molecule has 0 bridgehead atoms. The Morgan fingerprint density at radius 2 is 1.61 bits per heavy atom. The fourth-order valence-corrected chi connectivity index (χ4v) is 2.79. The van der Waals surface area contributed by atoms with Crippen molar-refractivity contribution >= 4 is 23.3 Å². The van der Waals surface area contributed by atoms with Gasteiger partial charge >= 0.3 is 11.8 Å². The summed E-state index contributed by atoms with van der Waals surface area (Å²) >= 11 is 0. The van der Waals surface area contributed by atoms with E-state index in [1.807, 2.05) is 0 Å². The number of carboxylic acid groups (broad SMARTS) is 1. The lowest BCUT2D eigenvalue weighted by molar-refractivity contribution is 0.204. The van der Waals surface area contributed by atoms with E-state index >= 15 is 0 Å². The van der Waals surface area contributed by atoms with Crippen LogP contribution in [0.15, 0.2) is 58.1 Å². The summed E-state index contributed by atoms with van der Waals surface area (Å²) in [7, 11) is 1.19. The molecule has 0 fully saturated rings. The summed E-state index contributed by atoms with van der Waals surface area (Å²) in [6, 6.07) is 11.2. The number of nitrogen functional groups attached to an aromatic ring is 1. The number of aromatic nitrogens is 2. The highest BCUT2D eigenvalue weighted by Gasteiger charge is 2.28. The highest BCUT2D eigenvalue weighted by Crippen LogP contribution is 2.33. The molecule has 3 rings (SSSR count). The largest absolute Gasteiger partial charge is 0.508 e. The van der Waals surface area contributed by atoms with Gasteiger partial charge in [0.1, 0.15) is 17.3 Å². The van der Waals surface area contributed by atoms with E-state index in [0.717, 1.165) is 27.3 Å². The lowest BCUT2D eigenvalue weighted by Crippen LogP contribution is -2.43. The standard InChI is InChI=1S/C18H16N4O6/c1-20-16(25)14(15(19)22(17(20)26)10-5-3-2-4-6-10)21(18(27)28)11-7-12(23)9-13(24)8-11/h2-9,23-24H,19H2,1H3,(H,27,28). The van der Waals surface area contributed by atoms with E-state index in [1.165, 1.54) is 7.05 Å². The summed E-state index contributed by atoms with van der Waals surface area (Å²) in [5.41, 5.74) is 3.91. The number of hydrogen-bond donors (Lipinski definition) is 4. The molecule has 0 saturated heterocycles. The van der Waals surface area contributed by atoms with Crippen molar-refractivity contribution in [2.75, 3.05) is 10.6 Å². The topological polar surface area (TPSA) is 151 Å². The number of carbonyl (C=O) groups is 1. The Labute approximate surface area is 157 Å². The van der Waals surface area contributed by atoms with Crippen LogP contribution in [0.3, 0.4) is 0 Å². The Kier molecular flexibility index (Phi) is 4.53. The summed E-state index contributed by atoms with van der Waals surface area (Å²) in [5, 5.41) is 29.1. The smallest absolute Gasteiger partial charge is 0.416 e. The maximum atomic E-state index is 12.7. The van der Waals surface area contributed by atoms with Gasteiger partial charge in [-0.25, -0.2) is 19.1 Å². The third-order valence-electron chi connectivity index (χ3n) is 4.04. The van der Waals surface area contributed by atoms with Crippen molar-refractivity contribution in [3.8, 4) is 17.2 Å². The SMILES string of the molecule is Cn1c(=O)c(N(C(=O)O)c2cc(O)cc(O)c2)c(N)n(-c2ccccc2)c1=O.